The van der Waals surface area contributed by atoms with Crippen LogP contribution in [0.15, 0.2) is 0 Å². The fourth-order valence-electron chi connectivity index (χ4n) is 1.27. The van der Waals surface area contributed by atoms with Crippen molar-refractivity contribution in [1.82, 2.24) is 0 Å². The average molecular weight is 260 g/mol. The second-order valence-corrected chi connectivity index (χ2v) is 3.88. The molecule has 0 atom stereocenters. The van der Waals surface area contributed by atoms with E-state index in [0.717, 1.165) is 32.1 Å². The Labute approximate surface area is 106 Å². The van der Waals surface area contributed by atoms with Gasteiger partial charge in [-0.15, -0.1) is 0 Å². The molecule has 0 fully saturated rings. The van der Waals surface area contributed by atoms with Crippen molar-refractivity contribution in [3.05, 3.63) is 0 Å². The number of rotatable bonds is 10. The van der Waals surface area contributed by atoms with Crippen LogP contribution in [0, 0.1) is 0 Å². The van der Waals surface area contributed by atoms with Crippen LogP contribution in [0.1, 0.15) is 45.4 Å². The van der Waals surface area contributed by atoms with Gasteiger partial charge in [0.25, 0.3) is 0 Å². The van der Waals surface area contributed by atoms with Gasteiger partial charge < -0.3 is 14.6 Å². The Hall–Kier alpha value is -1.59. The van der Waals surface area contributed by atoms with Crippen LogP contribution in [-0.2, 0) is 23.9 Å². The number of aliphatic carboxylic acids is 1. The molecule has 0 aromatic carbocycles. The Morgan fingerprint density at radius 1 is 0.889 bits per heavy atom. The van der Waals surface area contributed by atoms with Crippen LogP contribution >= 0.6 is 0 Å². The van der Waals surface area contributed by atoms with Crippen LogP contribution in [0.4, 0.5) is 0 Å². The van der Waals surface area contributed by atoms with E-state index in [1.54, 1.807) is 0 Å². The third kappa shape index (κ3) is 10.9. The lowest BCUT2D eigenvalue weighted by atomic mass is 10.1. The van der Waals surface area contributed by atoms with Crippen LogP contribution in [0.5, 0.6) is 0 Å². The van der Waals surface area contributed by atoms with Crippen LogP contribution < -0.4 is 0 Å². The van der Waals surface area contributed by atoms with E-state index in [2.05, 4.69) is 16.4 Å². The number of ether oxygens (including phenoxy) is 2. The first-order chi connectivity index (χ1) is 8.56. The molecule has 0 spiro atoms. The quantitative estimate of drug-likeness (QED) is 0.473. The molecule has 0 aliphatic carbocycles. The minimum absolute atomic E-state index is 0.274. The van der Waals surface area contributed by atoms with Crippen molar-refractivity contribution in [2.75, 3.05) is 13.2 Å². The van der Waals surface area contributed by atoms with E-state index in [-0.39, 0.29) is 6.42 Å². The van der Waals surface area contributed by atoms with Gasteiger partial charge >= 0.3 is 17.9 Å². The molecule has 0 aromatic rings. The standard InChI is InChI=1S/C12H20O6/c1-2-3-4-5-6-7-11(15)18-9-12(16)17-8-10(13)14/h2-9H2,1H3,(H,13,14). The van der Waals surface area contributed by atoms with Gasteiger partial charge in [0.1, 0.15) is 0 Å². The molecule has 6 nitrogen and oxygen atoms in total. The number of carboxylic acids is 1. The smallest absolute Gasteiger partial charge is 0.344 e. The van der Waals surface area contributed by atoms with Crippen molar-refractivity contribution >= 4 is 17.9 Å². The van der Waals surface area contributed by atoms with Gasteiger partial charge in [0.15, 0.2) is 13.2 Å². The van der Waals surface area contributed by atoms with Crippen molar-refractivity contribution in [2.45, 2.75) is 45.4 Å². The zero-order valence-corrected chi connectivity index (χ0v) is 10.6. The van der Waals surface area contributed by atoms with Crippen molar-refractivity contribution in [3.63, 3.8) is 0 Å². The molecule has 18 heavy (non-hydrogen) atoms. The molecule has 0 saturated heterocycles. The maximum Gasteiger partial charge on any atom is 0.344 e. The fraction of sp³-hybridized carbons (Fsp3) is 0.750. The molecule has 104 valence electrons. The number of hydrogen-bond donors (Lipinski definition) is 1. The summed E-state index contributed by atoms with van der Waals surface area (Å²) in [4.78, 5) is 32.2. The van der Waals surface area contributed by atoms with Crippen molar-refractivity contribution in [3.8, 4) is 0 Å². The molecule has 0 unspecified atom stereocenters. The Morgan fingerprint density at radius 3 is 2.11 bits per heavy atom. The molecule has 0 saturated carbocycles. The Morgan fingerprint density at radius 2 is 1.50 bits per heavy atom. The Balaban J connectivity index is 3.46. The Kier molecular flexibility index (Phi) is 9.62. The van der Waals surface area contributed by atoms with Crippen LogP contribution in [-0.4, -0.2) is 36.2 Å². The SMILES string of the molecule is CCCCCCCC(=O)OCC(=O)OCC(=O)O. The second kappa shape index (κ2) is 10.6. The van der Waals surface area contributed by atoms with Gasteiger partial charge in [-0.3, -0.25) is 4.79 Å². The monoisotopic (exact) mass is 260 g/mol. The lowest BCUT2D eigenvalue weighted by molar-refractivity contribution is -0.163. The molecule has 0 aliphatic rings. The number of carboxylic acid groups (broad SMARTS) is 1. The summed E-state index contributed by atoms with van der Waals surface area (Å²) in [5.74, 6) is -2.55. The van der Waals surface area contributed by atoms with Crippen molar-refractivity contribution in [2.24, 2.45) is 0 Å². The van der Waals surface area contributed by atoms with Gasteiger partial charge in [-0.1, -0.05) is 32.6 Å². The van der Waals surface area contributed by atoms with Gasteiger partial charge in [-0.05, 0) is 6.42 Å². The lowest BCUT2D eigenvalue weighted by Crippen LogP contribution is -2.19. The first-order valence-corrected chi connectivity index (χ1v) is 6.09. The van der Waals surface area contributed by atoms with E-state index < -0.39 is 31.1 Å². The average Bonchev–Trinajstić information content (AvgIpc) is 2.33. The van der Waals surface area contributed by atoms with Crippen LogP contribution in [0.25, 0.3) is 0 Å². The van der Waals surface area contributed by atoms with E-state index >= 15 is 0 Å². The molecule has 0 amide bonds. The molecule has 0 aromatic heterocycles. The number of carbonyl (C=O) groups is 3. The number of carbonyl (C=O) groups excluding carboxylic acids is 2. The highest BCUT2D eigenvalue weighted by Gasteiger charge is 2.09. The summed E-state index contributed by atoms with van der Waals surface area (Å²) in [6.07, 6.45) is 5.35. The second-order valence-electron chi connectivity index (χ2n) is 3.88. The highest BCUT2D eigenvalue weighted by atomic mass is 16.6. The molecular formula is C12H20O6. The fourth-order valence-corrected chi connectivity index (χ4v) is 1.27. The van der Waals surface area contributed by atoms with Gasteiger partial charge in [0, 0.05) is 6.42 Å². The van der Waals surface area contributed by atoms with Gasteiger partial charge in [-0.2, -0.15) is 0 Å². The third-order valence-corrected chi connectivity index (χ3v) is 2.19. The molecule has 0 bridgehead atoms. The summed E-state index contributed by atoms with van der Waals surface area (Å²) < 4.78 is 8.93. The molecule has 1 N–H and O–H groups in total. The molecule has 0 radical (unpaired) electrons. The molecule has 0 rings (SSSR count). The maximum atomic E-state index is 11.2. The van der Waals surface area contributed by atoms with E-state index in [1.165, 1.54) is 0 Å². The highest BCUT2D eigenvalue weighted by molar-refractivity contribution is 5.78. The van der Waals surface area contributed by atoms with Crippen molar-refractivity contribution < 1.29 is 29.0 Å². The molecule has 0 aliphatic heterocycles. The summed E-state index contributed by atoms with van der Waals surface area (Å²) >= 11 is 0. The summed E-state index contributed by atoms with van der Waals surface area (Å²) in [5, 5.41) is 8.24. The van der Waals surface area contributed by atoms with Gasteiger partial charge in [0.2, 0.25) is 0 Å². The van der Waals surface area contributed by atoms with Crippen molar-refractivity contribution in [1.29, 1.82) is 0 Å². The zero-order valence-electron chi connectivity index (χ0n) is 10.6. The molecule has 0 heterocycles. The van der Waals surface area contributed by atoms with E-state index in [4.69, 9.17) is 5.11 Å². The van der Waals surface area contributed by atoms with E-state index in [9.17, 15) is 14.4 Å². The summed E-state index contributed by atoms with van der Waals surface area (Å²) in [5.41, 5.74) is 0. The largest absolute Gasteiger partial charge is 0.479 e. The van der Waals surface area contributed by atoms with Gasteiger partial charge in [0.05, 0.1) is 0 Å². The predicted octanol–water partition coefficient (Wildman–Crippen LogP) is 1.52. The zero-order chi connectivity index (χ0) is 13.8. The highest BCUT2D eigenvalue weighted by Crippen LogP contribution is 2.05. The number of hydrogen-bond acceptors (Lipinski definition) is 5. The number of unbranched alkanes of at least 4 members (excludes halogenated alkanes) is 4. The summed E-state index contributed by atoms with van der Waals surface area (Å²) in [6.45, 7) is 0.867. The minimum atomic E-state index is -1.24. The first kappa shape index (κ1) is 16.4. The topological polar surface area (TPSA) is 89.9 Å². The first-order valence-electron chi connectivity index (χ1n) is 6.09. The predicted molar refractivity (Wildman–Crippen MR) is 62.9 cm³/mol. The molecule has 6 heteroatoms. The van der Waals surface area contributed by atoms with Crippen LogP contribution in [0.2, 0.25) is 0 Å². The Bertz CT molecular complexity index is 274. The third-order valence-electron chi connectivity index (χ3n) is 2.19. The number of esters is 2. The summed E-state index contributed by atoms with van der Waals surface area (Å²) in [6, 6.07) is 0. The van der Waals surface area contributed by atoms with Crippen LogP contribution in [0.3, 0.4) is 0 Å². The molecular weight excluding hydrogens is 240 g/mol. The lowest BCUT2D eigenvalue weighted by Gasteiger charge is -2.04. The van der Waals surface area contributed by atoms with E-state index in [1.807, 2.05) is 0 Å². The van der Waals surface area contributed by atoms with Gasteiger partial charge in [-0.25, -0.2) is 9.59 Å². The maximum absolute atomic E-state index is 11.2. The summed E-state index contributed by atoms with van der Waals surface area (Å²) in [7, 11) is 0. The minimum Gasteiger partial charge on any atom is -0.479 e. The normalized spacial score (nSPS) is 9.83. The van der Waals surface area contributed by atoms with E-state index in [0.29, 0.717) is 0 Å².